The predicted molar refractivity (Wildman–Crippen MR) is 85.4 cm³/mol. The number of nitrogens with zero attached hydrogens (tertiary/aromatic N) is 1. The third-order valence-electron chi connectivity index (χ3n) is 3.56. The molecule has 0 amide bonds. The van der Waals surface area contributed by atoms with Crippen LogP contribution in [0.5, 0.6) is 0 Å². The van der Waals surface area contributed by atoms with Crippen molar-refractivity contribution < 1.29 is 23.7 Å². The van der Waals surface area contributed by atoms with Gasteiger partial charge in [-0.05, 0) is 26.0 Å². The van der Waals surface area contributed by atoms with Crippen LogP contribution in [0.1, 0.15) is 37.4 Å². The van der Waals surface area contributed by atoms with Crippen molar-refractivity contribution in [2.75, 3.05) is 52.9 Å². The second-order valence-corrected chi connectivity index (χ2v) is 5.35. The number of pyridine rings is 1. The molecule has 2 rings (SSSR count). The molecule has 1 aromatic rings. The summed E-state index contributed by atoms with van der Waals surface area (Å²) in [5, 5.41) is 0. The van der Waals surface area contributed by atoms with Crippen molar-refractivity contribution in [2.24, 2.45) is 0 Å². The lowest BCUT2D eigenvalue weighted by Crippen LogP contribution is -2.15. The zero-order chi connectivity index (χ0) is 16.3. The van der Waals surface area contributed by atoms with Gasteiger partial charge in [-0.2, -0.15) is 0 Å². The van der Waals surface area contributed by atoms with Crippen LogP contribution in [0, 0.1) is 0 Å². The minimum absolute atomic E-state index is 0.0794. The first-order chi connectivity index (χ1) is 11.3. The van der Waals surface area contributed by atoms with E-state index < -0.39 is 0 Å². The lowest BCUT2D eigenvalue weighted by molar-refractivity contribution is -0.0287. The maximum absolute atomic E-state index is 5.77. The minimum Gasteiger partial charge on any atom is -0.377 e. The zero-order valence-electron chi connectivity index (χ0n) is 14.0. The van der Waals surface area contributed by atoms with Crippen molar-refractivity contribution in [1.82, 2.24) is 4.98 Å². The smallest absolute Gasteiger partial charge is 0.0967 e. The third kappa shape index (κ3) is 6.93. The van der Waals surface area contributed by atoms with Gasteiger partial charge in [0.15, 0.2) is 0 Å². The molecule has 0 radical (unpaired) electrons. The van der Waals surface area contributed by atoms with Crippen molar-refractivity contribution in [3.63, 3.8) is 0 Å². The highest BCUT2D eigenvalue weighted by Gasteiger charge is 2.12. The van der Waals surface area contributed by atoms with Crippen LogP contribution in [0.4, 0.5) is 0 Å². The third-order valence-corrected chi connectivity index (χ3v) is 3.56. The van der Waals surface area contributed by atoms with E-state index in [2.05, 4.69) is 4.98 Å². The molecule has 2 heterocycles. The number of hydrogen-bond acceptors (Lipinski definition) is 6. The van der Waals surface area contributed by atoms with Gasteiger partial charge in [0.1, 0.15) is 0 Å². The standard InChI is InChI=1S/C17H27NO5/c1-14-16-4-3-5-17(18-16)15(2)23-13-11-21-9-7-19-6-8-20-10-12-22-14/h3-5,14-15H,6-13H2,1-2H3/t14-,15+. The van der Waals surface area contributed by atoms with Crippen molar-refractivity contribution in [3.8, 4) is 0 Å². The molecular formula is C17H27NO5. The fraction of sp³-hybridized carbons (Fsp3) is 0.706. The van der Waals surface area contributed by atoms with Gasteiger partial charge in [0.05, 0.1) is 76.5 Å². The van der Waals surface area contributed by atoms with E-state index in [1.165, 1.54) is 0 Å². The Labute approximate surface area is 138 Å². The SMILES string of the molecule is C[C@@H]1OCCOCCOCCOCCO[C@H](C)c2cccc1n2. The first kappa shape index (κ1) is 18.3. The molecule has 0 aliphatic carbocycles. The fourth-order valence-electron chi connectivity index (χ4n) is 2.20. The molecule has 0 saturated heterocycles. The van der Waals surface area contributed by atoms with Gasteiger partial charge in [0.2, 0.25) is 0 Å². The van der Waals surface area contributed by atoms with Crippen molar-refractivity contribution in [1.29, 1.82) is 0 Å². The highest BCUT2D eigenvalue weighted by Crippen LogP contribution is 2.19. The Morgan fingerprint density at radius 3 is 1.52 bits per heavy atom. The summed E-state index contributed by atoms with van der Waals surface area (Å²) in [6, 6.07) is 5.92. The van der Waals surface area contributed by atoms with Gasteiger partial charge in [-0.15, -0.1) is 0 Å². The first-order valence-corrected chi connectivity index (χ1v) is 8.20. The van der Waals surface area contributed by atoms with E-state index in [-0.39, 0.29) is 12.2 Å². The Hall–Kier alpha value is -1.05. The van der Waals surface area contributed by atoms with Gasteiger partial charge in [0.25, 0.3) is 0 Å². The molecular weight excluding hydrogens is 298 g/mol. The highest BCUT2D eigenvalue weighted by atomic mass is 16.6. The van der Waals surface area contributed by atoms with E-state index in [9.17, 15) is 0 Å². The van der Waals surface area contributed by atoms with E-state index in [1.807, 2.05) is 32.0 Å². The Bertz CT molecular complexity index is 407. The van der Waals surface area contributed by atoms with E-state index in [4.69, 9.17) is 23.7 Å². The second-order valence-electron chi connectivity index (χ2n) is 5.35. The summed E-state index contributed by atoms with van der Waals surface area (Å²) in [7, 11) is 0. The topological polar surface area (TPSA) is 59.0 Å². The van der Waals surface area contributed by atoms with E-state index in [1.54, 1.807) is 0 Å². The minimum atomic E-state index is -0.0794. The van der Waals surface area contributed by atoms with Crippen LogP contribution in [-0.2, 0) is 23.7 Å². The van der Waals surface area contributed by atoms with Gasteiger partial charge < -0.3 is 23.7 Å². The van der Waals surface area contributed by atoms with Crippen LogP contribution < -0.4 is 0 Å². The van der Waals surface area contributed by atoms with E-state index in [0.29, 0.717) is 52.9 Å². The van der Waals surface area contributed by atoms with Crippen LogP contribution in [0.3, 0.4) is 0 Å². The normalized spacial score (nSPS) is 26.2. The second kappa shape index (κ2) is 10.7. The summed E-state index contributed by atoms with van der Waals surface area (Å²) in [5.41, 5.74) is 1.80. The molecule has 0 spiro atoms. The molecule has 2 atom stereocenters. The van der Waals surface area contributed by atoms with Crippen molar-refractivity contribution in [3.05, 3.63) is 29.6 Å². The Morgan fingerprint density at radius 1 is 0.696 bits per heavy atom. The van der Waals surface area contributed by atoms with Crippen molar-refractivity contribution in [2.45, 2.75) is 26.1 Å². The molecule has 130 valence electrons. The average molecular weight is 325 g/mol. The molecule has 0 aromatic carbocycles. The maximum Gasteiger partial charge on any atom is 0.0967 e. The van der Waals surface area contributed by atoms with Crippen LogP contribution >= 0.6 is 0 Å². The Balaban J connectivity index is 1.93. The molecule has 1 aliphatic heterocycles. The number of aromatic nitrogens is 1. The molecule has 23 heavy (non-hydrogen) atoms. The summed E-state index contributed by atoms with van der Waals surface area (Å²) in [4.78, 5) is 4.65. The number of ether oxygens (including phenoxy) is 5. The predicted octanol–water partition coefficient (Wildman–Crippen LogP) is 2.30. The summed E-state index contributed by atoms with van der Waals surface area (Å²) in [6.45, 7) is 8.39. The lowest BCUT2D eigenvalue weighted by atomic mass is 10.2. The number of rotatable bonds is 0. The fourth-order valence-corrected chi connectivity index (χ4v) is 2.20. The lowest BCUT2D eigenvalue weighted by Gasteiger charge is -2.17. The van der Waals surface area contributed by atoms with Gasteiger partial charge in [-0.1, -0.05) is 6.07 Å². The Kier molecular flexibility index (Phi) is 8.49. The molecule has 1 aliphatic rings. The number of fused-ring (bicyclic) bond motifs is 2. The summed E-state index contributed by atoms with van der Waals surface area (Å²) < 4.78 is 27.9. The van der Waals surface area contributed by atoms with Crippen LogP contribution in [0.2, 0.25) is 0 Å². The molecule has 6 heteroatoms. The van der Waals surface area contributed by atoms with E-state index in [0.717, 1.165) is 11.4 Å². The Morgan fingerprint density at radius 2 is 1.09 bits per heavy atom. The zero-order valence-corrected chi connectivity index (χ0v) is 14.0. The van der Waals surface area contributed by atoms with Crippen molar-refractivity contribution >= 4 is 0 Å². The van der Waals surface area contributed by atoms with Crippen LogP contribution in [0.25, 0.3) is 0 Å². The summed E-state index contributed by atoms with van der Waals surface area (Å²) in [6.07, 6.45) is -0.159. The maximum atomic E-state index is 5.77. The quantitative estimate of drug-likeness (QED) is 0.729. The van der Waals surface area contributed by atoms with Gasteiger partial charge in [0, 0.05) is 0 Å². The molecule has 1 aromatic heterocycles. The summed E-state index contributed by atoms with van der Waals surface area (Å²) in [5.74, 6) is 0. The monoisotopic (exact) mass is 325 g/mol. The largest absolute Gasteiger partial charge is 0.377 e. The van der Waals surface area contributed by atoms with Gasteiger partial charge >= 0.3 is 0 Å². The number of hydrogen-bond donors (Lipinski definition) is 0. The van der Waals surface area contributed by atoms with Crippen LogP contribution in [-0.4, -0.2) is 57.8 Å². The van der Waals surface area contributed by atoms with Crippen LogP contribution in [0.15, 0.2) is 18.2 Å². The molecule has 0 fully saturated rings. The molecule has 0 unspecified atom stereocenters. The van der Waals surface area contributed by atoms with Gasteiger partial charge in [-0.3, -0.25) is 4.98 Å². The molecule has 2 bridgehead atoms. The molecule has 0 N–H and O–H groups in total. The van der Waals surface area contributed by atoms with E-state index >= 15 is 0 Å². The molecule has 0 saturated carbocycles. The summed E-state index contributed by atoms with van der Waals surface area (Å²) >= 11 is 0. The van der Waals surface area contributed by atoms with Gasteiger partial charge in [-0.25, -0.2) is 0 Å². The first-order valence-electron chi connectivity index (χ1n) is 8.20. The molecule has 6 nitrogen and oxygen atoms in total. The highest BCUT2D eigenvalue weighted by molar-refractivity contribution is 5.14. The average Bonchev–Trinajstić information content (AvgIpc) is 2.58.